The van der Waals surface area contributed by atoms with Crippen molar-refractivity contribution >= 4 is 17.6 Å². The number of benzene rings is 1. The van der Waals surface area contributed by atoms with E-state index in [1.54, 1.807) is 0 Å². The van der Waals surface area contributed by atoms with Crippen molar-refractivity contribution in [3.8, 4) is 0 Å². The molecule has 0 aliphatic carbocycles. The molecule has 2 heterocycles. The van der Waals surface area contributed by atoms with E-state index in [2.05, 4.69) is 32.7 Å². The van der Waals surface area contributed by atoms with Gasteiger partial charge in [0.2, 0.25) is 5.91 Å². The van der Waals surface area contributed by atoms with E-state index in [0.29, 0.717) is 6.42 Å². The topological polar surface area (TPSA) is 60.0 Å². The first kappa shape index (κ1) is 21.6. The first-order valence-corrected chi connectivity index (χ1v) is 11.3. The van der Waals surface area contributed by atoms with Gasteiger partial charge in [0.05, 0.1) is 0 Å². The lowest BCUT2D eigenvalue weighted by Crippen LogP contribution is -2.37. The second-order valence-corrected chi connectivity index (χ2v) is 8.13. The first-order valence-electron chi connectivity index (χ1n) is 11.3. The molecule has 0 radical (unpaired) electrons. The average Bonchev–Trinajstić information content (AvgIpc) is 3.19. The standard InChI is InChI=1S/C23H37N5O/c1-24-23(25-14-4-2-5-15-27-16-6-3-7-17-27)26-19-20-10-12-21(13-11-20)28-18-8-9-22(28)29/h10-13H,2-9,14-19H2,1H3,(H2,24,25,26). The van der Waals surface area contributed by atoms with Crippen LogP contribution in [0, 0.1) is 0 Å². The number of aliphatic imine (C=N–C) groups is 1. The highest BCUT2D eigenvalue weighted by atomic mass is 16.2. The Balaban J connectivity index is 1.29. The van der Waals surface area contributed by atoms with Crippen LogP contribution in [0.15, 0.2) is 29.3 Å². The number of guanidine groups is 1. The number of piperidine rings is 1. The van der Waals surface area contributed by atoms with E-state index in [9.17, 15) is 4.79 Å². The Labute approximate surface area is 175 Å². The van der Waals surface area contributed by atoms with E-state index in [1.807, 2.05) is 24.1 Å². The number of amides is 1. The lowest BCUT2D eigenvalue weighted by atomic mass is 10.1. The van der Waals surface area contributed by atoms with Gasteiger partial charge in [-0.15, -0.1) is 0 Å². The normalized spacial score (nSPS) is 18.3. The van der Waals surface area contributed by atoms with Crippen LogP contribution in [0.25, 0.3) is 0 Å². The van der Waals surface area contributed by atoms with E-state index in [4.69, 9.17) is 0 Å². The van der Waals surface area contributed by atoms with Crippen LogP contribution in [-0.4, -0.2) is 56.5 Å². The number of carbonyl (C=O) groups is 1. The molecule has 0 saturated carbocycles. The zero-order valence-corrected chi connectivity index (χ0v) is 18.0. The summed E-state index contributed by atoms with van der Waals surface area (Å²) in [4.78, 5) is 20.7. The SMILES string of the molecule is CN=C(NCCCCCN1CCCCC1)NCc1ccc(N2CCCC2=O)cc1. The van der Waals surface area contributed by atoms with Gasteiger partial charge < -0.3 is 20.4 Å². The number of rotatable bonds is 9. The maximum Gasteiger partial charge on any atom is 0.227 e. The van der Waals surface area contributed by atoms with Crippen molar-refractivity contribution in [2.24, 2.45) is 4.99 Å². The average molecular weight is 400 g/mol. The molecule has 0 atom stereocenters. The minimum Gasteiger partial charge on any atom is -0.356 e. The smallest absolute Gasteiger partial charge is 0.227 e. The molecule has 2 saturated heterocycles. The first-order chi connectivity index (χ1) is 14.3. The number of unbranched alkanes of at least 4 members (excludes halogenated alkanes) is 2. The number of hydrogen-bond acceptors (Lipinski definition) is 3. The predicted octanol–water partition coefficient (Wildman–Crippen LogP) is 3.13. The summed E-state index contributed by atoms with van der Waals surface area (Å²) in [6.07, 6.45) is 9.52. The highest BCUT2D eigenvalue weighted by Crippen LogP contribution is 2.21. The van der Waals surface area contributed by atoms with Gasteiger partial charge in [-0.2, -0.15) is 0 Å². The van der Waals surface area contributed by atoms with Crippen molar-refractivity contribution in [3.05, 3.63) is 29.8 Å². The summed E-state index contributed by atoms with van der Waals surface area (Å²) in [5.41, 5.74) is 2.19. The Morgan fingerprint density at radius 3 is 2.45 bits per heavy atom. The molecule has 1 aromatic rings. The van der Waals surface area contributed by atoms with E-state index >= 15 is 0 Å². The largest absolute Gasteiger partial charge is 0.356 e. The number of nitrogens with zero attached hydrogens (tertiary/aromatic N) is 3. The molecule has 6 nitrogen and oxygen atoms in total. The highest BCUT2D eigenvalue weighted by molar-refractivity contribution is 5.95. The van der Waals surface area contributed by atoms with Gasteiger partial charge in [-0.3, -0.25) is 9.79 Å². The van der Waals surface area contributed by atoms with Crippen molar-refractivity contribution in [2.45, 2.75) is 57.9 Å². The van der Waals surface area contributed by atoms with Crippen molar-refractivity contribution in [2.75, 3.05) is 44.7 Å². The third-order valence-electron chi connectivity index (χ3n) is 5.90. The van der Waals surface area contributed by atoms with E-state index in [1.165, 1.54) is 63.7 Å². The molecule has 1 amide bonds. The molecule has 0 bridgehead atoms. The van der Waals surface area contributed by atoms with Gasteiger partial charge >= 0.3 is 0 Å². The number of carbonyl (C=O) groups excluding carboxylic acids is 1. The third-order valence-corrected chi connectivity index (χ3v) is 5.90. The molecule has 1 aromatic carbocycles. The van der Waals surface area contributed by atoms with Gasteiger partial charge in [-0.25, -0.2) is 0 Å². The van der Waals surface area contributed by atoms with Crippen LogP contribution in [0.2, 0.25) is 0 Å². The van der Waals surface area contributed by atoms with Gasteiger partial charge in [-0.1, -0.05) is 25.0 Å². The van der Waals surface area contributed by atoms with Crippen molar-refractivity contribution < 1.29 is 4.79 Å². The van der Waals surface area contributed by atoms with E-state index in [0.717, 1.165) is 37.7 Å². The molecule has 160 valence electrons. The Morgan fingerprint density at radius 1 is 0.966 bits per heavy atom. The summed E-state index contributed by atoms with van der Waals surface area (Å²) >= 11 is 0. The fraction of sp³-hybridized carbons (Fsp3) is 0.652. The minimum atomic E-state index is 0.233. The monoisotopic (exact) mass is 399 g/mol. The number of likely N-dealkylation sites (tertiary alicyclic amines) is 1. The lowest BCUT2D eigenvalue weighted by molar-refractivity contribution is -0.117. The highest BCUT2D eigenvalue weighted by Gasteiger charge is 2.21. The fourth-order valence-corrected chi connectivity index (χ4v) is 4.15. The van der Waals surface area contributed by atoms with Crippen molar-refractivity contribution in [1.82, 2.24) is 15.5 Å². The summed E-state index contributed by atoms with van der Waals surface area (Å²) in [7, 11) is 1.81. The van der Waals surface area contributed by atoms with Gasteiger partial charge in [-0.05, 0) is 69.4 Å². The zero-order chi connectivity index (χ0) is 20.3. The maximum absolute atomic E-state index is 11.8. The van der Waals surface area contributed by atoms with Crippen LogP contribution in [0.4, 0.5) is 5.69 Å². The van der Waals surface area contributed by atoms with E-state index in [-0.39, 0.29) is 5.91 Å². The van der Waals surface area contributed by atoms with Crippen LogP contribution >= 0.6 is 0 Å². The maximum atomic E-state index is 11.8. The summed E-state index contributed by atoms with van der Waals surface area (Å²) in [6.45, 7) is 6.36. The molecule has 2 aliphatic heterocycles. The molecule has 0 spiro atoms. The quantitative estimate of drug-likeness (QED) is 0.380. The molecular weight excluding hydrogens is 362 g/mol. The van der Waals surface area contributed by atoms with Gasteiger partial charge in [0, 0.05) is 38.8 Å². The Bertz CT molecular complexity index is 652. The molecule has 2 fully saturated rings. The van der Waals surface area contributed by atoms with Crippen molar-refractivity contribution in [1.29, 1.82) is 0 Å². The number of nitrogens with one attached hydrogen (secondary N) is 2. The van der Waals surface area contributed by atoms with E-state index < -0.39 is 0 Å². The van der Waals surface area contributed by atoms with Crippen LogP contribution in [0.3, 0.4) is 0 Å². The summed E-state index contributed by atoms with van der Waals surface area (Å²) in [6, 6.07) is 8.25. The predicted molar refractivity (Wildman–Crippen MR) is 120 cm³/mol. The second-order valence-electron chi connectivity index (χ2n) is 8.13. The van der Waals surface area contributed by atoms with Crippen LogP contribution in [-0.2, 0) is 11.3 Å². The Kier molecular flexibility index (Phi) is 8.81. The number of anilines is 1. The summed E-state index contributed by atoms with van der Waals surface area (Å²) < 4.78 is 0. The molecular formula is C23H37N5O. The van der Waals surface area contributed by atoms with Gasteiger partial charge in [0.1, 0.15) is 0 Å². The third kappa shape index (κ3) is 7.03. The zero-order valence-electron chi connectivity index (χ0n) is 18.0. The van der Waals surface area contributed by atoms with Gasteiger partial charge in [0.15, 0.2) is 5.96 Å². The minimum absolute atomic E-state index is 0.233. The Morgan fingerprint density at radius 2 is 1.76 bits per heavy atom. The second kappa shape index (κ2) is 11.8. The van der Waals surface area contributed by atoms with Crippen LogP contribution in [0.5, 0.6) is 0 Å². The van der Waals surface area contributed by atoms with Crippen LogP contribution < -0.4 is 15.5 Å². The molecule has 2 N–H and O–H groups in total. The molecule has 6 heteroatoms. The molecule has 0 unspecified atom stereocenters. The molecule has 3 rings (SSSR count). The summed E-state index contributed by atoms with van der Waals surface area (Å²) in [5, 5.41) is 6.79. The Hall–Kier alpha value is -2.08. The molecule has 2 aliphatic rings. The molecule has 29 heavy (non-hydrogen) atoms. The lowest BCUT2D eigenvalue weighted by Gasteiger charge is -2.26. The molecule has 0 aromatic heterocycles. The summed E-state index contributed by atoms with van der Waals surface area (Å²) in [5.74, 6) is 1.08. The van der Waals surface area contributed by atoms with Crippen molar-refractivity contribution in [3.63, 3.8) is 0 Å². The van der Waals surface area contributed by atoms with Gasteiger partial charge in [0.25, 0.3) is 0 Å². The number of hydrogen-bond donors (Lipinski definition) is 2. The fourth-order valence-electron chi connectivity index (χ4n) is 4.15. The van der Waals surface area contributed by atoms with Crippen LogP contribution in [0.1, 0.15) is 56.9 Å².